The average Bonchev–Trinajstić information content (AvgIpc) is 2.34. The first kappa shape index (κ1) is 10.1. The van der Waals surface area contributed by atoms with Gasteiger partial charge in [-0.3, -0.25) is 4.90 Å². The Morgan fingerprint density at radius 1 is 1.46 bits per heavy atom. The van der Waals surface area contributed by atoms with Crippen LogP contribution in [0.4, 0.5) is 13.2 Å². The summed E-state index contributed by atoms with van der Waals surface area (Å²) in [7, 11) is 1.44. The third-order valence-corrected chi connectivity index (χ3v) is 1.56. The van der Waals surface area contributed by atoms with Crippen molar-refractivity contribution in [3.8, 4) is 0 Å². The molecule has 0 unspecified atom stereocenters. The lowest BCUT2D eigenvalue weighted by molar-refractivity contribution is -0.144. The highest BCUT2D eigenvalue weighted by Gasteiger charge is 2.28. The number of rotatable bonds is 3. The fraction of sp³-hybridized carbons (Fsp3) is 0.500. The molecule has 1 rings (SSSR count). The second-order valence-electron chi connectivity index (χ2n) is 3.01. The minimum absolute atomic E-state index is 0.309. The monoisotopic (exact) mass is 192 g/mol. The van der Waals surface area contributed by atoms with Gasteiger partial charge in [-0.25, -0.2) is 0 Å². The minimum Gasteiger partial charge on any atom is -0.367 e. The maximum Gasteiger partial charge on any atom is 0.401 e. The highest BCUT2D eigenvalue weighted by Crippen LogP contribution is 2.16. The van der Waals surface area contributed by atoms with Gasteiger partial charge in [0, 0.05) is 18.9 Å². The van der Waals surface area contributed by atoms with Crippen LogP contribution in [0.3, 0.4) is 0 Å². The largest absolute Gasteiger partial charge is 0.401 e. The molecule has 0 aliphatic carbocycles. The van der Waals surface area contributed by atoms with Crippen molar-refractivity contribution >= 4 is 0 Å². The molecule has 74 valence electrons. The molecule has 0 fully saturated rings. The highest BCUT2D eigenvalue weighted by molar-refractivity contribution is 5.07. The Hall–Kier alpha value is -0.970. The number of H-pyrrole nitrogens is 1. The predicted octanol–water partition coefficient (Wildman–Crippen LogP) is 2.01. The van der Waals surface area contributed by atoms with E-state index >= 15 is 0 Å². The van der Waals surface area contributed by atoms with E-state index in [4.69, 9.17) is 0 Å². The van der Waals surface area contributed by atoms with Crippen LogP contribution < -0.4 is 0 Å². The molecule has 0 aliphatic rings. The van der Waals surface area contributed by atoms with Crippen LogP contribution in [0.5, 0.6) is 0 Å². The van der Waals surface area contributed by atoms with E-state index in [1.807, 2.05) is 0 Å². The van der Waals surface area contributed by atoms with E-state index in [-0.39, 0.29) is 0 Å². The van der Waals surface area contributed by atoms with Crippen molar-refractivity contribution < 1.29 is 13.2 Å². The minimum atomic E-state index is -4.12. The van der Waals surface area contributed by atoms with Crippen LogP contribution in [0.25, 0.3) is 0 Å². The molecular formula is C8H11F3N2. The molecule has 0 saturated heterocycles. The fourth-order valence-electron chi connectivity index (χ4n) is 1.13. The summed E-state index contributed by atoms with van der Waals surface area (Å²) in [5.74, 6) is 0. The number of nitrogens with one attached hydrogen (secondary N) is 1. The molecular weight excluding hydrogens is 181 g/mol. The Morgan fingerprint density at radius 2 is 2.15 bits per heavy atom. The lowest BCUT2D eigenvalue weighted by Crippen LogP contribution is -2.30. The number of alkyl halides is 3. The SMILES string of the molecule is CN(Cc1cc[nH]c1)CC(F)(F)F. The molecule has 0 atom stereocenters. The number of aromatic amines is 1. The second kappa shape index (κ2) is 3.83. The van der Waals surface area contributed by atoms with E-state index in [9.17, 15) is 13.2 Å². The lowest BCUT2D eigenvalue weighted by Gasteiger charge is -2.17. The lowest BCUT2D eigenvalue weighted by atomic mass is 10.3. The molecule has 5 heteroatoms. The van der Waals surface area contributed by atoms with Crippen LogP contribution in [-0.2, 0) is 6.54 Å². The van der Waals surface area contributed by atoms with Gasteiger partial charge < -0.3 is 4.98 Å². The van der Waals surface area contributed by atoms with Gasteiger partial charge in [0.05, 0.1) is 6.54 Å². The van der Waals surface area contributed by atoms with Crippen molar-refractivity contribution in [2.45, 2.75) is 12.7 Å². The number of hydrogen-bond acceptors (Lipinski definition) is 1. The molecule has 1 aromatic heterocycles. The molecule has 1 heterocycles. The molecule has 0 saturated carbocycles. The maximum atomic E-state index is 11.9. The fourth-order valence-corrected chi connectivity index (χ4v) is 1.13. The second-order valence-corrected chi connectivity index (χ2v) is 3.01. The van der Waals surface area contributed by atoms with E-state index in [0.717, 1.165) is 5.56 Å². The van der Waals surface area contributed by atoms with Crippen molar-refractivity contribution in [3.05, 3.63) is 24.0 Å². The predicted molar refractivity (Wildman–Crippen MR) is 43.2 cm³/mol. The van der Waals surface area contributed by atoms with Crippen LogP contribution in [0.1, 0.15) is 5.56 Å². The van der Waals surface area contributed by atoms with Crippen LogP contribution in [0.15, 0.2) is 18.5 Å². The van der Waals surface area contributed by atoms with Crippen LogP contribution in [0.2, 0.25) is 0 Å². The summed E-state index contributed by atoms with van der Waals surface area (Å²) in [4.78, 5) is 4.02. The Bertz CT molecular complexity index is 240. The van der Waals surface area contributed by atoms with Crippen molar-refractivity contribution in [2.24, 2.45) is 0 Å². The summed E-state index contributed by atoms with van der Waals surface area (Å²) in [5.41, 5.74) is 0.853. The van der Waals surface area contributed by atoms with Gasteiger partial charge in [-0.2, -0.15) is 13.2 Å². The van der Waals surface area contributed by atoms with Gasteiger partial charge in [0.2, 0.25) is 0 Å². The summed E-state index contributed by atoms with van der Waals surface area (Å²) in [6.45, 7) is -0.568. The maximum absolute atomic E-state index is 11.9. The summed E-state index contributed by atoms with van der Waals surface area (Å²) in [6.07, 6.45) is -0.741. The summed E-state index contributed by atoms with van der Waals surface area (Å²) >= 11 is 0. The summed E-state index contributed by atoms with van der Waals surface area (Å²) < 4.78 is 35.7. The molecule has 0 radical (unpaired) electrons. The molecule has 0 aliphatic heterocycles. The number of hydrogen-bond donors (Lipinski definition) is 1. The van der Waals surface area contributed by atoms with Crippen LogP contribution in [-0.4, -0.2) is 29.7 Å². The zero-order chi connectivity index (χ0) is 9.90. The van der Waals surface area contributed by atoms with Crippen molar-refractivity contribution in [3.63, 3.8) is 0 Å². The zero-order valence-corrected chi connectivity index (χ0v) is 7.23. The van der Waals surface area contributed by atoms with Crippen LogP contribution >= 0.6 is 0 Å². The number of nitrogens with zero attached hydrogens (tertiary/aromatic N) is 1. The third-order valence-electron chi connectivity index (χ3n) is 1.56. The third kappa shape index (κ3) is 3.98. The van der Waals surface area contributed by atoms with E-state index in [0.29, 0.717) is 6.54 Å². The molecule has 0 amide bonds. The number of halogens is 3. The first-order chi connectivity index (χ1) is 5.97. The van der Waals surface area contributed by atoms with Crippen LogP contribution in [0, 0.1) is 0 Å². The number of aromatic nitrogens is 1. The van der Waals surface area contributed by atoms with Gasteiger partial charge >= 0.3 is 6.18 Å². The van der Waals surface area contributed by atoms with E-state index in [1.165, 1.54) is 11.9 Å². The van der Waals surface area contributed by atoms with Gasteiger partial charge in [-0.05, 0) is 18.7 Å². The summed E-state index contributed by atoms with van der Waals surface area (Å²) in [5, 5.41) is 0. The van der Waals surface area contributed by atoms with E-state index < -0.39 is 12.7 Å². The Balaban J connectivity index is 2.38. The smallest absolute Gasteiger partial charge is 0.367 e. The Morgan fingerprint density at radius 3 is 2.62 bits per heavy atom. The summed E-state index contributed by atoms with van der Waals surface area (Å²) in [6, 6.07) is 1.76. The quantitative estimate of drug-likeness (QED) is 0.776. The van der Waals surface area contributed by atoms with Gasteiger partial charge in [-0.15, -0.1) is 0 Å². The van der Waals surface area contributed by atoms with Gasteiger partial charge in [0.25, 0.3) is 0 Å². The topological polar surface area (TPSA) is 19.0 Å². The molecule has 13 heavy (non-hydrogen) atoms. The average molecular weight is 192 g/mol. The van der Waals surface area contributed by atoms with Gasteiger partial charge in [-0.1, -0.05) is 0 Å². The molecule has 0 spiro atoms. The van der Waals surface area contributed by atoms with Crippen molar-refractivity contribution in [1.82, 2.24) is 9.88 Å². The van der Waals surface area contributed by atoms with Gasteiger partial charge in [0.15, 0.2) is 0 Å². The van der Waals surface area contributed by atoms with Gasteiger partial charge in [0.1, 0.15) is 0 Å². The van der Waals surface area contributed by atoms with Crippen molar-refractivity contribution in [1.29, 1.82) is 0 Å². The highest BCUT2D eigenvalue weighted by atomic mass is 19.4. The molecule has 0 aromatic carbocycles. The Labute approximate surface area is 74.4 Å². The normalized spacial score (nSPS) is 12.4. The van der Waals surface area contributed by atoms with E-state index in [2.05, 4.69) is 4.98 Å². The van der Waals surface area contributed by atoms with Crippen molar-refractivity contribution in [2.75, 3.05) is 13.6 Å². The Kier molecular flexibility index (Phi) is 2.98. The standard InChI is InChI=1S/C8H11F3N2/c1-13(6-8(9,10)11)5-7-2-3-12-4-7/h2-4,12H,5-6H2,1H3. The van der Waals surface area contributed by atoms with E-state index in [1.54, 1.807) is 18.5 Å². The molecule has 1 aromatic rings. The molecule has 0 bridgehead atoms. The zero-order valence-electron chi connectivity index (χ0n) is 7.23. The molecule has 1 N–H and O–H groups in total. The first-order valence-corrected chi connectivity index (χ1v) is 3.84. The first-order valence-electron chi connectivity index (χ1n) is 3.84. The molecule has 2 nitrogen and oxygen atoms in total.